The number of pyridine rings is 2. The molecule has 0 saturated carbocycles. The average Bonchev–Trinajstić information content (AvgIpc) is 3.75. The van der Waals surface area contributed by atoms with E-state index < -0.39 is 23.6 Å². The van der Waals surface area contributed by atoms with Crippen LogP contribution >= 0.6 is 11.6 Å². The molecule has 0 N–H and O–H groups in total. The molecule has 1 amide bonds. The number of nitriles is 2. The van der Waals surface area contributed by atoms with Crippen molar-refractivity contribution in [3.05, 3.63) is 77.6 Å². The number of fused-ring (bicyclic) bond motifs is 3. The molecule has 1 aromatic carbocycles. The van der Waals surface area contributed by atoms with E-state index in [-0.39, 0.29) is 64.4 Å². The quantitative estimate of drug-likeness (QED) is 0.132. The summed E-state index contributed by atoms with van der Waals surface area (Å²) in [7, 11) is 2.04. The number of hydrogen-bond donors (Lipinski definition) is 0. The van der Waals surface area contributed by atoms with Crippen LogP contribution in [-0.4, -0.2) is 73.8 Å². The van der Waals surface area contributed by atoms with E-state index in [4.69, 9.17) is 26.4 Å². The lowest BCUT2D eigenvalue weighted by molar-refractivity contribution is -0.132. The summed E-state index contributed by atoms with van der Waals surface area (Å²) in [5.41, 5.74) is 1.09. The molecule has 0 bridgehead atoms. The van der Waals surface area contributed by atoms with Crippen LogP contribution in [0.4, 0.5) is 8.78 Å². The molecule has 10 nitrogen and oxygen atoms in total. The number of amides is 1. The number of aromatic nitrogens is 4. The molecule has 5 heterocycles. The summed E-state index contributed by atoms with van der Waals surface area (Å²) in [4.78, 5) is 25.3. The molecule has 2 aliphatic heterocycles. The van der Waals surface area contributed by atoms with Gasteiger partial charge in [0.15, 0.2) is 11.6 Å². The van der Waals surface area contributed by atoms with Crippen molar-refractivity contribution in [1.29, 1.82) is 10.5 Å². The molecule has 256 valence electrons. The highest BCUT2D eigenvalue weighted by Crippen LogP contribution is 2.43. The number of ether oxygens (including phenoxy) is 1. The minimum absolute atomic E-state index is 0.0125. The van der Waals surface area contributed by atoms with Crippen LogP contribution in [0.1, 0.15) is 56.2 Å². The Morgan fingerprint density at radius 2 is 2.08 bits per heavy atom. The number of likely N-dealkylation sites (tertiary alicyclic amines) is 2. The maximum Gasteiger partial charge on any atom is 0.282 e. The van der Waals surface area contributed by atoms with Crippen LogP contribution in [0.5, 0.6) is 5.88 Å². The molecular weight excluding hydrogens is 662 g/mol. The second-order valence-corrected chi connectivity index (χ2v) is 13.1. The fourth-order valence-corrected chi connectivity index (χ4v) is 7.57. The number of allylic oxidation sites excluding steroid dienone is 2. The molecular formula is C37H35ClF2N8O2. The zero-order valence-electron chi connectivity index (χ0n) is 27.7. The van der Waals surface area contributed by atoms with E-state index in [2.05, 4.69) is 35.2 Å². The van der Waals surface area contributed by atoms with E-state index in [1.165, 1.54) is 11.1 Å². The Balaban J connectivity index is 1.55. The van der Waals surface area contributed by atoms with Gasteiger partial charge in [0, 0.05) is 30.2 Å². The molecule has 2 aliphatic rings. The number of benzene rings is 1. The minimum atomic E-state index is -1.09. The number of hydrogen-bond acceptors (Lipinski definition) is 8. The topological polar surface area (TPSA) is 124 Å². The number of carbonyl (C=O) groups excluding carboxylic acids is 1. The maximum atomic E-state index is 17.0. The fraction of sp³-hybridized carbons (Fsp3) is 0.351. The van der Waals surface area contributed by atoms with Crippen LogP contribution in [0, 0.1) is 28.5 Å². The smallest absolute Gasteiger partial charge is 0.282 e. The van der Waals surface area contributed by atoms with Crippen molar-refractivity contribution in [2.24, 2.45) is 0 Å². The number of likely N-dealkylation sites (N-methyl/N-ethyl adjacent to an activating group) is 1. The largest absolute Gasteiger partial charge is 0.472 e. The van der Waals surface area contributed by atoms with Gasteiger partial charge in [-0.15, -0.1) is 0 Å². The Kier molecular flexibility index (Phi) is 9.96. The molecule has 13 heteroatoms. The zero-order valence-corrected chi connectivity index (χ0v) is 28.5. The van der Waals surface area contributed by atoms with Crippen LogP contribution in [0.15, 0.2) is 55.7 Å². The Bertz CT molecular complexity index is 2130. The number of halogens is 3. The predicted octanol–water partition coefficient (Wildman–Crippen LogP) is 7.30. The van der Waals surface area contributed by atoms with Crippen molar-refractivity contribution in [2.45, 2.75) is 63.3 Å². The van der Waals surface area contributed by atoms with Crippen LogP contribution in [0.25, 0.3) is 39.1 Å². The standard InChI is InChI=1S/C37H35ClF2N8O2/c1-5-6-8-23-11-14-43-33(27(23)19-42)31-29(38)18-26-34(32(31)40)45-36(50-22(3)30-9-7-15-46(30)4)28-20-44-48(35(26)28)25-12-16-47(37(49)21(2)39)24(17-25)10-13-41/h5-6,8,11,14,18,20,22,24-25,30H,1-2,7,9-10,12,15-17H2,3-4H3/b8-6-/t22-,24+,25-,30-/m0/s1. The van der Waals surface area contributed by atoms with Gasteiger partial charge in [-0.05, 0) is 63.9 Å². The highest BCUT2D eigenvalue weighted by atomic mass is 35.5. The molecule has 2 fully saturated rings. The second kappa shape index (κ2) is 14.4. The molecule has 2 saturated heterocycles. The van der Waals surface area contributed by atoms with Gasteiger partial charge >= 0.3 is 0 Å². The Hall–Kier alpha value is -5.17. The van der Waals surface area contributed by atoms with Gasteiger partial charge in [-0.3, -0.25) is 19.4 Å². The lowest BCUT2D eigenvalue weighted by atomic mass is 9.94. The number of rotatable bonds is 9. The first-order valence-corrected chi connectivity index (χ1v) is 16.7. The first-order chi connectivity index (χ1) is 24.1. The summed E-state index contributed by atoms with van der Waals surface area (Å²) in [6.45, 7) is 9.88. The Morgan fingerprint density at radius 1 is 1.28 bits per heavy atom. The molecule has 0 unspecified atom stereocenters. The molecule has 50 heavy (non-hydrogen) atoms. The molecule has 4 atom stereocenters. The van der Waals surface area contributed by atoms with Gasteiger partial charge in [0.25, 0.3) is 5.91 Å². The lowest BCUT2D eigenvalue weighted by Gasteiger charge is -2.38. The monoisotopic (exact) mass is 696 g/mol. The van der Waals surface area contributed by atoms with E-state index >= 15 is 4.39 Å². The van der Waals surface area contributed by atoms with Crippen molar-refractivity contribution in [3.63, 3.8) is 0 Å². The predicted molar refractivity (Wildman–Crippen MR) is 187 cm³/mol. The summed E-state index contributed by atoms with van der Waals surface area (Å²) >= 11 is 6.87. The van der Waals surface area contributed by atoms with Crippen molar-refractivity contribution in [1.82, 2.24) is 29.5 Å². The van der Waals surface area contributed by atoms with E-state index in [1.807, 2.05) is 14.0 Å². The third-order valence-corrected chi connectivity index (χ3v) is 10.00. The van der Waals surface area contributed by atoms with E-state index in [0.29, 0.717) is 34.7 Å². The number of piperidine rings is 1. The third kappa shape index (κ3) is 6.21. The van der Waals surface area contributed by atoms with Gasteiger partial charge in [-0.25, -0.2) is 13.8 Å². The summed E-state index contributed by atoms with van der Waals surface area (Å²) in [6, 6.07) is 6.66. The Labute approximate surface area is 293 Å². The minimum Gasteiger partial charge on any atom is -0.472 e. The fourth-order valence-electron chi connectivity index (χ4n) is 7.28. The lowest BCUT2D eigenvalue weighted by Crippen LogP contribution is -2.46. The van der Waals surface area contributed by atoms with Crippen LogP contribution in [-0.2, 0) is 4.79 Å². The number of carbonyl (C=O) groups is 1. The highest BCUT2D eigenvalue weighted by molar-refractivity contribution is 6.34. The zero-order chi connectivity index (χ0) is 35.7. The highest BCUT2D eigenvalue weighted by Gasteiger charge is 2.36. The van der Waals surface area contributed by atoms with E-state index in [0.717, 1.165) is 19.4 Å². The van der Waals surface area contributed by atoms with Crippen LogP contribution in [0.2, 0.25) is 5.02 Å². The molecule has 0 spiro atoms. The average molecular weight is 697 g/mol. The molecule has 0 aliphatic carbocycles. The summed E-state index contributed by atoms with van der Waals surface area (Å²) in [5, 5.41) is 25.3. The van der Waals surface area contributed by atoms with Crippen LogP contribution in [0.3, 0.4) is 0 Å². The molecule has 6 rings (SSSR count). The molecule has 4 aromatic rings. The number of nitrogens with zero attached hydrogens (tertiary/aromatic N) is 8. The molecule has 3 aromatic heterocycles. The van der Waals surface area contributed by atoms with Crippen molar-refractivity contribution >= 4 is 45.4 Å². The van der Waals surface area contributed by atoms with Gasteiger partial charge in [-0.2, -0.15) is 15.6 Å². The third-order valence-electron chi connectivity index (χ3n) is 9.70. The van der Waals surface area contributed by atoms with Gasteiger partial charge < -0.3 is 9.64 Å². The maximum absolute atomic E-state index is 17.0. The second-order valence-electron chi connectivity index (χ2n) is 12.7. The van der Waals surface area contributed by atoms with E-state index in [9.17, 15) is 19.7 Å². The van der Waals surface area contributed by atoms with Crippen molar-refractivity contribution in [3.8, 4) is 29.3 Å². The first-order valence-electron chi connectivity index (χ1n) is 16.4. The van der Waals surface area contributed by atoms with Crippen molar-refractivity contribution in [2.75, 3.05) is 20.1 Å². The normalized spacial score (nSPS) is 20.2. The molecule has 0 radical (unpaired) electrons. The van der Waals surface area contributed by atoms with Gasteiger partial charge in [0.2, 0.25) is 5.88 Å². The van der Waals surface area contributed by atoms with Crippen LogP contribution < -0.4 is 4.74 Å². The van der Waals surface area contributed by atoms with Gasteiger partial charge in [0.1, 0.15) is 17.7 Å². The SMILES string of the molecule is C=C/C=C\c1ccnc(-c2c(Cl)cc3c(nc(O[C@@H](C)[C@@H]4CCCN4C)c4cnn([C@H]5CCN(C(=O)C(=C)F)[C@H](CC#N)C5)c43)c2F)c1C#N. The van der Waals surface area contributed by atoms with E-state index in [1.54, 1.807) is 41.2 Å². The van der Waals surface area contributed by atoms with Gasteiger partial charge in [-0.1, -0.05) is 43.0 Å². The summed E-state index contributed by atoms with van der Waals surface area (Å²) < 4.78 is 39.2. The van der Waals surface area contributed by atoms with Gasteiger partial charge in [0.05, 0.1) is 57.5 Å². The Morgan fingerprint density at radius 3 is 2.76 bits per heavy atom. The first kappa shape index (κ1) is 34.7. The summed E-state index contributed by atoms with van der Waals surface area (Å²) in [6.07, 6.45) is 10.3. The van der Waals surface area contributed by atoms with Crippen molar-refractivity contribution < 1.29 is 18.3 Å². The summed E-state index contributed by atoms with van der Waals surface area (Å²) in [5.74, 6) is -2.53.